The number of fused-ring (bicyclic) bond motifs is 2. The van der Waals surface area contributed by atoms with E-state index in [1.807, 2.05) is 0 Å². The quantitative estimate of drug-likeness (QED) is 0.796. The van der Waals surface area contributed by atoms with Crippen LogP contribution in [0.4, 0.5) is 0 Å². The van der Waals surface area contributed by atoms with Gasteiger partial charge >= 0.3 is 0 Å². The Kier molecular flexibility index (Phi) is 3.10. The maximum atomic E-state index is 3.99. The van der Waals surface area contributed by atoms with Gasteiger partial charge in [0.1, 0.15) is 0 Å². The zero-order valence-corrected chi connectivity index (χ0v) is 11.5. The van der Waals surface area contributed by atoms with Crippen LogP contribution < -0.4 is 5.32 Å². The average molecular weight is 249 g/mol. The molecule has 5 saturated heterocycles. The van der Waals surface area contributed by atoms with Gasteiger partial charge in [0.15, 0.2) is 0 Å². The maximum Gasteiger partial charge on any atom is 0.0267 e. The van der Waals surface area contributed by atoms with E-state index in [9.17, 15) is 0 Å². The van der Waals surface area contributed by atoms with Crippen molar-refractivity contribution in [2.45, 2.75) is 56.7 Å². The van der Waals surface area contributed by atoms with Gasteiger partial charge in [-0.05, 0) is 64.2 Å². The van der Waals surface area contributed by atoms with E-state index in [1.165, 1.54) is 71.2 Å². The standard InChI is InChI=1S/C15H27N3/c1-2-6-17(7-3-1)11-13-10-14-15(16-13)12-4-8-18(14)9-5-12/h12-16H,1-11H2. The number of hydrogen-bond donors (Lipinski definition) is 1. The summed E-state index contributed by atoms with van der Waals surface area (Å²) in [6.07, 6.45) is 8.62. The second-order valence-corrected chi connectivity index (χ2v) is 6.93. The van der Waals surface area contributed by atoms with E-state index in [-0.39, 0.29) is 0 Å². The fourth-order valence-electron chi connectivity index (χ4n) is 4.91. The lowest BCUT2D eigenvalue weighted by Gasteiger charge is -2.48. The highest BCUT2D eigenvalue weighted by Gasteiger charge is 2.47. The summed E-state index contributed by atoms with van der Waals surface area (Å²) in [4.78, 5) is 5.48. The van der Waals surface area contributed by atoms with Crippen molar-refractivity contribution in [3.63, 3.8) is 0 Å². The van der Waals surface area contributed by atoms with Crippen LogP contribution in [0.25, 0.3) is 0 Å². The molecule has 3 heteroatoms. The summed E-state index contributed by atoms with van der Waals surface area (Å²) < 4.78 is 0. The minimum atomic E-state index is 0.777. The lowest BCUT2D eigenvalue weighted by molar-refractivity contribution is 0.0360. The topological polar surface area (TPSA) is 18.5 Å². The van der Waals surface area contributed by atoms with E-state index in [0.29, 0.717) is 0 Å². The molecular weight excluding hydrogens is 222 g/mol. The zero-order valence-electron chi connectivity index (χ0n) is 11.5. The number of nitrogens with zero attached hydrogens (tertiary/aromatic N) is 2. The molecule has 0 amide bonds. The molecule has 0 aromatic carbocycles. The molecule has 0 aliphatic carbocycles. The monoisotopic (exact) mass is 249 g/mol. The third-order valence-corrected chi connectivity index (χ3v) is 5.85. The van der Waals surface area contributed by atoms with Crippen LogP contribution in [0.2, 0.25) is 0 Å². The molecule has 0 radical (unpaired) electrons. The van der Waals surface area contributed by atoms with Crippen LogP contribution >= 0.6 is 0 Å². The predicted octanol–water partition coefficient (Wildman–Crippen LogP) is 1.30. The summed E-state index contributed by atoms with van der Waals surface area (Å²) in [5.41, 5.74) is 0. The largest absolute Gasteiger partial charge is 0.308 e. The Hall–Kier alpha value is -0.120. The van der Waals surface area contributed by atoms with Gasteiger partial charge in [-0.15, -0.1) is 0 Å². The normalized spacial score (nSPS) is 48.3. The van der Waals surface area contributed by atoms with Crippen LogP contribution in [0.15, 0.2) is 0 Å². The molecule has 0 saturated carbocycles. The van der Waals surface area contributed by atoms with E-state index < -0.39 is 0 Å². The Morgan fingerprint density at radius 2 is 1.72 bits per heavy atom. The van der Waals surface area contributed by atoms with E-state index in [0.717, 1.165) is 24.0 Å². The summed E-state index contributed by atoms with van der Waals surface area (Å²) in [6, 6.07) is 2.49. The van der Waals surface area contributed by atoms with Crippen molar-refractivity contribution < 1.29 is 0 Å². The third kappa shape index (κ3) is 2.00. The van der Waals surface area contributed by atoms with Crippen LogP contribution in [0.3, 0.4) is 0 Å². The third-order valence-electron chi connectivity index (χ3n) is 5.85. The van der Waals surface area contributed by atoms with Gasteiger partial charge in [0.2, 0.25) is 0 Å². The van der Waals surface area contributed by atoms with Crippen molar-refractivity contribution in [1.29, 1.82) is 0 Å². The first-order chi connectivity index (χ1) is 8.90. The van der Waals surface area contributed by atoms with E-state index in [1.54, 1.807) is 0 Å². The second-order valence-electron chi connectivity index (χ2n) is 6.93. The molecule has 1 N–H and O–H groups in total. The molecule has 5 fully saturated rings. The fourth-order valence-corrected chi connectivity index (χ4v) is 4.91. The molecule has 5 heterocycles. The second kappa shape index (κ2) is 4.77. The van der Waals surface area contributed by atoms with Crippen molar-refractivity contribution in [2.75, 3.05) is 32.7 Å². The summed E-state index contributed by atoms with van der Waals surface area (Å²) >= 11 is 0. The van der Waals surface area contributed by atoms with Gasteiger partial charge in [-0.1, -0.05) is 6.42 Å². The van der Waals surface area contributed by atoms with Crippen molar-refractivity contribution in [3.8, 4) is 0 Å². The molecule has 5 aliphatic rings. The Morgan fingerprint density at radius 1 is 0.944 bits per heavy atom. The molecule has 102 valence electrons. The van der Waals surface area contributed by atoms with Crippen LogP contribution in [0.1, 0.15) is 38.5 Å². The number of hydrogen-bond acceptors (Lipinski definition) is 3. The van der Waals surface area contributed by atoms with E-state index in [4.69, 9.17) is 0 Å². The van der Waals surface area contributed by atoms with Crippen LogP contribution in [-0.4, -0.2) is 60.6 Å². The van der Waals surface area contributed by atoms with Gasteiger partial charge in [0.25, 0.3) is 0 Å². The van der Waals surface area contributed by atoms with Gasteiger partial charge in [-0.2, -0.15) is 0 Å². The molecule has 0 aromatic heterocycles. The lowest BCUT2D eigenvalue weighted by atomic mass is 9.79. The smallest absolute Gasteiger partial charge is 0.0267 e. The SMILES string of the molecule is C1CCN(CC2CC3C(N2)C2CCN3CC2)CC1. The Bertz CT molecular complexity index is 272. The number of likely N-dealkylation sites (tertiary alicyclic amines) is 1. The minimum Gasteiger partial charge on any atom is -0.308 e. The van der Waals surface area contributed by atoms with Crippen molar-refractivity contribution >= 4 is 0 Å². The molecule has 5 aliphatic heterocycles. The van der Waals surface area contributed by atoms with E-state index in [2.05, 4.69) is 15.1 Å². The maximum absolute atomic E-state index is 3.99. The predicted molar refractivity (Wildman–Crippen MR) is 73.7 cm³/mol. The number of piperidine rings is 4. The van der Waals surface area contributed by atoms with Gasteiger partial charge in [0, 0.05) is 24.7 Å². The first-order valence-electron chi connectivity index (χ1n) is 8.12. The molecule has 5 rings (SSSR count). The minimum absolute atomic E-state index is 0.777. The number of rotatable bonds is 2. The van der Waals surface area contributed by atoms with Gasteiger partial charge in [-0.25, -0.2) is 0 Å². The van der Waals surface area contributed by atoms with Gasteiger partial charge in [-0.3, -0.25) is 4.90 Å². The van der Waals surface area contributed by atoms with Crippen LogP contribution in [0, 0.1) is 5.92 Å². The summed E-state index contributed by atoms with van der Waals surface area (Å²) in [5.74, 6) is 0.992. The molecule has 0 spiro atoms. The Balaban J connectivity index is 1.38. The van der Waals surface area contributed by atoms with Crippen molar-refractivity contribution in [3.05, 3.63) is 0 Å². The van der Waals surface area contributed by atoms with E-state index >= 15 is 0 Å². The first kappa shape index (κ1) is 11.7. The van der Waals surface area contributed by atoms with Crippen LogP contribution in [-0.2, 0) is 0 Å². The van der Waals surface area contributed by atoms with Crippen molar-refractivity contribution in [2.24, 2.45) is 5.92 Å². The molecule has 3 nitrogen and oxygen atoms in total. The van der Waals surface area contributed by atoms with Gasteiger partial charge in [0.05, 0.1) is 0 Å². The molecule has 3 unspecified atom stereocenters. The molecule has 2 bridgehead atoms. The molecule has 0 aromatic rings. The Morgan fingerprint density at radius 3 is 2.44 bits per heavy atom. The lowest BCUT2D eigenvalue weighted by Crippen LogP contribution is -2.58. The molecule has 3 atom stereocenters. The zero-order chi connectivity index (χ0) is 11.9. The molecular formula is C15H27N3. The first-order valence-corrected chi connectivity index (χ1v) is 8.12. The highest BCUT2D eigenvalue weighted by atomic mass is 15.3. The summed E-state index contributed by atoms with van der Waals surface area (Å²) in [7, 11) is 0. The Labute approximate surface area is 111 Å². The molecule has 18 heavy (non-hydrogen) atoms. The van der Waals surface area contributed by atoms with Crippen LogP contribution in [0.5, 0.6) is 0 Å². The fraction of sp³-hybridized carbons (Fsp3) is 1.00. The highest BCUT2D eigenvalue weighted by molar-refractivity contribution is 5.06. The van der Waals surface area contributed by atoms with Gasteiger partial charge < -0.3 is 10.2 Å². The van der Waals surface area contributed by atoms with Crippen molar-refractivity contribution in [1.82, 2.24) is 15.1 Å². The number of nitrogens with one attached hydrogen (secondary N) is 1. The highest BCUT2D eigenvalue weighted by Crippen LogP contribution is 2.38. The summed E-state index contributed by atoms with van der Waals surface area (Å²) in [6.45, 7) is 6.77. The summed E-state index contributed by atoms with van der Waals surface area (Å²) in [5, 5.41) is 3.99. The average Bonchev–Trinajstić information content (AvgIpc) is 2.86.